The van der Waals surface area contributed by atoms with Gasteiger partial charge in [0, 0.05) is 12.7 Å². The zero-order valence-corrected chi connectivity index (χ0v) is 9.71. The lowest BCUT2D eigenvalue weighted by atomic mass is 10.2. The number of ether oxygens (including phenoxy) is 1. The summed E-state index contributed by atoms with van der Waals surface area (Å²) in [4.78, 5) is 4.13. The SMILES string of the molecule is CC(C)(C)OCCn1cnc(CCl)c1. The van der Waals surface area contributed by atoms with Gasteiger partial charge in [0.05, 0.1) is 30.1 Å². The van der Waals surface area contributed by atoms with E-state index in [2.05, 4.69) is 4.98 Å². The second-order valence-corrected chi connectivity index (χ2v) is 4.46. The van der Waals surface area contributed by atoms with Gasteiger partial charge >= 0.3 is 0 Å². The third-order valence-corrected chi connectivity index (χ3v) is 1.98. The van der Waals surface area contributed by atoms with Crippen LogP contribution in [0.5, 0.6) is 0 Å². The van der Waals surface area contributed by atoms with Crippen molar-refractivity contribution in [3.05, 3.63) is 18.2 Å². The van der Waals surface area contributed by atoms with E-state index in [1.807, 2.05) is 31.5 Å². The molecule has 0 aromatic carbocycles. The first-order chi connectivity index (χ1) is 6.51. The summed E-state index contributed by atoms with van der Waals surface area (Å²) in [5.74, 6) is 0.465. The monoisotopic (exact) mass is 216 g/mol. The number of halogens is 1. The molecule has 1 aromatic heterocycles. The van der Waals surface area contributed by atoms with Crippen molar-refractivity contribution in [2.45, 2.75) is 38.8 Å². The molecule has 0 fully saturated rings. The zero-order valence-electron chi connectivity index (χ0n) is 8.96. The highest BCUT2D eigenvalue weighted by atomic mass is 35.5. The Hall–Kier alpha value is -0.540. The molecular weight excluding hydrogens is 200 g/mol. The standard InChI is InChI=1S/C10H17ClN2O/c1-10(2,3)14-5-4-13-7-9(6-11)12-8-13/h7-8H,4-6H2,1-3H3. The molecule has 0 saturated carbocycles. The van der Waals surface area contributed by atoms with Crippen LogP contribution >= 0.6 is 11.6 Å². The fourth-order valence-electron chi connectivity index (χ4n) is 1.05. The molecule has 1 heterocycles. The first kappa shape index (κ1) is 11.5. The summed E-state index contributed by atoms with van der Waals surface area (Å²) in [6, 6.07) is 0. The largest absolute Gasteiger partial charge is 0.374 e. The van der Waals surface area contributed by atoms with Crippen molar-refractivity contribution >= 4 is 11.6 Å². The van der Waals surface area contributed by atoms with Gasteiger partial charge in [0.15, 0.2) is 0 Å². The summed E-state index contributed by atoms with van der Waals surface area (Å²) in [6.07, 6.45) is 3.72. The second-order valence-electron chi connectivity index (χ2n) is 4.20. The number of imidazole rings is 1. The molecular formula is C10H17ClN2O. The number of hydrogen-bond acceptors (Lipinski definition) is 2. The number of alkyl halides is 1. The summed E-state index contributed by atoms with van der Waals surface area (Å²) < 4.78 is 7.58. The van der Waals surface area contributed by atoms with Crippen LogP contribution in [-0.2, 0) is 17.2 Å². The molecule has 0 N–H and O–H groups in total. The van der Waals surface area contributed by atoms with Crippen molar-refractivity contribution in [1.29, 1.82) is 0 Å². The Labute approximate surface area is 90.0 Å². The van der Waals surface area contributed by atoms with E-state index < -0.39 is 0 Å². The lowest BCUT2D eigenvalue weighted by molar-refractivity contribution is -0.00683. The Kier molecular flexibility index (Phi) is 3.96. The van der Waals surface area contributed by atoms with Gasteiger partial charge in [-0.05, 0) is 20.8 Å². The highest BCUT2D eigenvalue weighted by Crippen LogP contribution is 2.07. The molecule has 14 heavy (non-hydrogen) atoms. The Morgan fingerprint density at radius 2 is 2.21 bits per heavy atom. The maximum Gasteiger partial charge on any atom is 0.0950 e. The van der Waals surface area contributed by atoms with E-state index in [0.717, 1.165) is 12.2 Å². The first-order valence-corrected chi connectivity index (χ1v) is 5.25. The van der Waals surface area contributed by atoms with Gasteiger partial charge in [0.1, 0.15) is 0 Å². The quantitative estimate of drug-likeness (QED) is 0.723. The number of aromatic nitrogens is 2. The minimum atomic E-state index is -0.0735. The average Bonchev–Trinajstić information content (AvgIpc) is 2.50. The molecule has 0 aliphatic carbocycles. The molecule has 0 bridgehead atoms. The van der Waals surface area contributed by atoms with Crippen LogP contribution in [0.25, 0.3) is 0 Å². The summed E-state index contributed by atoms with van der Waals surface area (Å²) in [7, 11) is 0. The normalized spacial score (nSPS) is 12.0. The topological polar surface area (TPSA) is 27.1 Å². The van der Waals surface area contributed by atoms with E-state index in [4.69, 9.17) is 16.3 Å². The predicted molar refractivity (Wildman–Crippen MR) is 57.5 cm³/mol. The fourth-order valence-corrected chi connectivity index (χ4v) is 1.19. The molecule has 0 radical (unpaired) electrons. The molecule has 0 amide bonds. The van der Waals surface area contributed by atoms with Crippen molar-refractivity contribution < 1.29 is 4.74 Å². The van der Waals surface area contributed by atoms with Crippen LogP contribution in [0.15, 0.2) is 12.5 Å². The molecule has 0 unspecified atom stereocenters. The number of hydrogen-bond donors (Lipinski definition) is 0. The predicted octanol–water partition coefficient (Wildman–Crippen LogP) is 2.44. The maximum absolute atomic E-state index is 5.64. The Morgan fingerprint density at radius 3 is 2.71 bits per heavy atom. The Morgan fingerprint density at radius 1 is 1.50 bits per heavy atom. The lowest BCUT2D eigenvalue weighted by Crippen LogP contribution is -2.21. The van der Waals surface area contributed by atoms with Crippen molar-refractivity contribution in [2.24, 2.45) is 0 Å². The van der Waals surface area contributed by atoms with Crippen molar-refractivity contribution in [1.82, 2.24) is 9.55 Å². The van der Waals surface area contributed by atoms with Crippen LogP contribution in [0.3, 0.4) is 0 Å². The number of rotatable bonds is 4. The van der Waals surface area contributed by atoms with Crippen molar-refractivity contribution in [3.63, 3.8) is 0 Å². The summed E-state index contributed by atoms with van der Waals surface area (Å²) >= 11 is 5.64. The molecule has 1 rings (SSSR count). The van der Waals surface area contributed by atoms with Gasteiger partial charge in [-0.3, -0.25) is 0 Å². The molecule has 0 spiro atoms. The van der Waals surface area contributed by atoms with Gasteiger partial charge in [0.25, 0.3) is 0 Å². The van der Waals surface area contributed by atoms with E-state index in [0.29, 0.717) is 12.5 Å². The molecule has 0 aliphatic heterocycles. The Bertz CT molecular complexity index is 278. The summed E-state index contributed by atoms with van der Waals surface area (Å²) in [6.45, 7) is 7.66. The minimum Gasteiger partial charge on any atom is -0.374 e. The third kappa shape index (κ3) is 4.11. The average molecular weight is 217 g/mol. The minimum absolute atomic E-state index is 0.0735. The van der Waals surface area contributed by atoms with Gasteiger partial charge in [-0.1, -0.05) is 0 Å². The molecule has 0 saturated heterocycles. The van der Waals surface area contributed by atoms with Gasteiger partial charge < -0.3 is 9.30 Å². The highest BCUT2D eigenvalue weighted by molar-refractivity contribution is 6.16. The summed E-state index contributed by atoms with van der Waals surface area (Å²) in [5.41, 5.74) is 0.832. The molecule has 3 nitrogen and oxygen atoms in total. The third-order valence-electron chi connectivity index (χ3n) is 1.71. The van der Waals surface area contributed by atoms with Crippen LogP contribution < -0.4 is 0 Å². The molecule has 1 aromatic rings. The molecule has 4 heteroatoms. The van der Waals surface area contributed by atoms with E-state index >= 15 is 0 Å². The Balaban J connectivity index is 2.31. The van der Waals surface area contributed by atoms with Gasteiger partial charge in [-0.25, -0.2) is 4.98 Å². The van der Waals surface area contributed by atoms with Crippen LogP contribution in [0.4, 0.5) is 0 Å². The van der Waals surface area contributed by atoms with E-state index in [1.165, 1.54) is 0 Å². The van der Waals surface area contributed by atoms with Crippen LogP contribution in [0.1, 0.15) is 26.5 Å². The van der Waals surface area contributed by atoms with Crippen LogP contribution in [0, 0.1) is 0 Å². The lowest BCUT2D eigenvalue weighted by Gasteiger charge is -2.19. The highest BCUT2D eigenvalue weighted by Gasteiger charge is 2.09. The van der Waals surface area contributed by atoms with Crippen molar-refractivity contribution in [2.75, 3.05) is 6.61 Å². The van der Waals surface area contributed by atoms with E-state index in [9.17, 15) is 0 Å². The molecule has 0 aliphatic rings. The second kappa shape index (κ2) is 4.80. The van der Waals surface area contributed by atoms with Gasteiger partial charge in [0.2, 0.25) is 0 Å². The van der Waals surface area contributed by atoms with E-state index in [1.54, 1.807) is 6.33 Å². The fraction of sp³-hybridized carbons (Fsp3) is 0.700. The number of nitrogens with zero attached hydrogens (tertiary/aromatic N) is 2. The smallest absolute Gasteiger partial charge is 0.0950 e. The molecule has 80 valence electrons. The van der Waals surface area contributed by atoms with Gasteiger partial charge in [-0.15, -0.1) is 11.6 Å². The zero-order chi connectivity index (χ0) is 10.6. The van der Waals surface area contributed by atoms with Gasteiger partial charge in [-0.2, -0.15) is 0 Å². The summed E-state index contributed by atoms with van der Waals surface area (Å²) in [5, 5.41) is 0. The molecule has 0 atom stereocenters. The van der Waals surface area contributed by atoms with E-state index in [-0.39, 0.29) is 5.60 Å². The van der Waals surface area contributed by atoms with Crippen LogP contribution in [-0.4, -0.2) is 21.8 Å². The first-order valence-electron chi connectivity index (χ1n) is 4.72. The van der Waals surface area contributed by atoms with Crippen molar-refractivity contribution in [3.8, 4) is 0 Å². The van der Waals surface area contributed by atoms with Crippen LogP contribution in [0.2, 0.25) is 0 Å². The maximum atomic E-state index is 5.64.